The fraction of sp³-hybridized carbons (Fsp3) is 0.667. The van der Waals surface area contributed by atoms with E-state index in [-0.39, 0.29) is 11.4 Å². The molecule has 32 heavy (non-hydrogen) atoms. The predicted molar refractivity (Wildman–Crippen MR) is 100 cm³/mol. The number of hydrogen-bond donors (Lipinski definition) is 7. The van der Waals surface area contributed by atoms with Crippen LogP contribution in [-0.2, 0) is 14.2 Å². The van der Waals surface area contributed by atoms with Gasteiger partial charge in [0.2, 0.25) is 6.29 Å². The number of ether oxygens (including phenoxy) is 4. The van der Waals surface area contributed by atoms with Crippen molar-refractivity contribution in [3.05, 3.63) is 34.4 Å². The lowest BCUT2D eigenvalue weighted by molar-refractivity contribution is -0.384. The minimum absolute atomic E-state index is 0.0586. The summed E-state index contributed by atoms with van der Waals surface area (Å²) in [7, 11) is 0. The van der Waals surface area contributed by atoms with E-state index in [9.17, 15) is 45.9 Å². The van der Waals surface area contributed by atoms with Crippen molar-refractivity contribution in [3.63, 3.8) is 0 Å². The second-order valence-corrected chi connectivity index (χ2v) is 7.37. The standard InChI is InChI=1S/C18H25NO13/c20-5-9-11(22)13(24)15(26)17(30-9)32-16-14(25)12(23)10(6-21)31-18(16)29-8-3-1-7(2-4-8)19(27)28/h1-4,9-18,20-26H,5-6H2/t9-,10-,11-,12-,13?,14+,15+,16-,17-,18+/m1/s1. The van der Waals surface area contributed by atoms with Gasteiger partial charge in [0.15, 0.2) is 12.4 Å². The number of benzene rings is 1. The molecule has 14 heteroatoms. The first kappa shape index (κ1) is 24.7. The normalized spacial score (nSPS) is 40.1. The molecule has 0 bridgehead atoms. The van der Waals surface area contributed by atoms with E-state index in [2.05, 4.69) is 0 Å². The van der Waals surface area contributed by atoms with Gasteiger partial charge in [-0.2, -0.15) is 0 Å². The summed E-state index contributed by atoms with van der Waals surface area (Å²) in [6.07, 6.45) is -15.8. The molecule has 1 unspecified atom stereocenters. The number of nitro groups is 1. The Bertz CT molecular complexity index is 762. The molecule has 0 amide bonds. The van der Waals surface area contributed by atoms with Crippen LogP contribution < -0.4 is 4.74 Å². The Morgan fingerprint density at radius 2 is 1.34 bits per heavy atom. The molecule has 7 N–H and O–H groups in total. The molecule has 3 rings (SSSR count). The number of hydrogen-bond acceptors (Lipinski definition) is 13. The lowest BCUT2D eigenvalue weighted by atomic mass is 9.97. The summed E-state index contributed by atoms with van der Waals surface area (Å²) >= 11 is 0. The summed E-state index contributed by atoms with van der Waals surface area (Å²) in [5.41, 5.74) is -0.209. The van der Waals surface area contributed by atoms with E-state index in [1.54, 1.807) is 0 Å². The number of aliphatic hydroxyl groups is 7. The highest BCUT2D eigenvalue weighted by Crippen LogP contribution is 2.31. The lowest BCUT2D eigenvalue weighted by Crippen LogP contribution is -2.65. The van der Waals surface area contributed by atoms with Crippen LogP contribution >= 0.6 is 0 Å². The molecule has 0 spiro atoms. The minimum atomic E-state index is -1.80. The van der Waals surface area contributed by atoms with Gasteiger partial charge < -0.3 is 54.7 Å². The molecule has 2 fully saturated rings. The molecule has 2 aliphatic rings. The van der Waals surface area contributed by atoms with Gasteiger partial charge in [0, 0.05) is 12.1 Å². The molecule has 180 valence electrons. The number of nitrogens with zero attached hydrogens (tertiary/aromatic N) is 1. The molecule has 2 heterocycles. The first-order chi connectivity index (χ1) is 15.2. The van der Waals surface area contributed by atoms with E-state index in [1.807, 2.05) is 0 Å². The van der Waals surface area contributed by atoms with Gasteiger partial charge in [-0.3, -0.25) is 10.1 Å². The summed E-state index contributed by atoms with van der Waals surface area (Å²) in [5.74, 6) is 0.0586. The predicted octanol–water partition coefficient (Wildman–Crippen LogP) is -3.40. The Kier molecular flexibility index (Phi) is 7.94. The van der Waals surface area contributed by atoms with E-state index < -0.39 is 79.5 Å². The van der Waals surface area contributed by atoms with E-state index in [1.165, 1.54) is 12.1 Å². The first-order valence-electron chi connectivity index (χ1n) is 9.67. The first-order valence-corrected chi connectivity index (χ1v) is 9.67. The second-order valence-electron chi connectivity index (χ2n) is 7.37. The molecule has 0 aliphatic carbocycles. The molecular formula is C18H25NO13. The highest BCUT2D eigenvalue weighted by Gasteiger charge is 2.51. The van der Waals surface area contributed by atoms with Gasteiger partial charge in [0.25, 0.3) is 5.69 Å². The largest absolute Gasteiger partial charge is 0.462 e. The Balaban J connectivity index is 1.81. The summed E-state index contributed by atoms with van der Waals surface area (Å²) in [6, 6.07) is 4.80. The summed E-state index contributed by atoms with van der Waals surface area (Å²) in [5, 5.41) is 80.3. The fourth-order valence-corrected chi connectivity index (χ4v) is 3.41. The van der Waals surface area contributed by atoms with Gasteiger partial charge in [-0.05, 0) is 12.1 Å². The van der Waals surface area contributed by atoms with E-state index in [0.717, 1.165) is 12.1 Å². The van der Waals surface area contributed by atoms with Gasteiger partial charge in [0.1, 0.15) is 48.5 Å². The van der Waals surface area contributed by atoms with Crippen molar-refractivity contribution in [2.75, 3.05) is 13.2 Å². The maximum atomic E-state index is 10.8. The maximum absolute atomic E-state index is 10.8. The number of aliphatic hydroxyl groups excluding tert-OH is 7. The Hall–Kier alpha value is -1.98. The quantitative estimate of drug-likeness (QED) is 0.155. The van der Waals surface area contributed by atoms with Gasteiger partial charge in [-0.25, -0.2) is 0 Å². The number of rotatable bonds is 7. The molecule has 2 saturated heterocycles. The molecule has 10 atom stereocenters. The molecule has 0 radical (unpaired) electrons. The number of non-ortho nitro benzene ring substituents is 1. The van der Waals surface area contributed by atoms with Crippen LogP contribution in [0.1, 0.15) is 0 Å². The third-order valence-electron chi connectivity index (χ3n) is 5.26. The van der Waals surface area contributed by atoms with Crippen molar-refractivity contribution in [2.24, 2.45) is 0 Å². The van der Waals surface area contributed by atoms with Crippen molar-refractivity contribution in [3.8, 4) is 5.75 Å². The van der Waals surface area contributed by atoms with E-state index >= 15 is 0 Å². The SMILES string of the molecule is O=[N+]([O-])c1ccc(O[C@H]2O[C@H](CO)[C@@H](O)[C@H](O)[C@H]2O[C@H]2O[C@H](CO)[C@@H](O)C(O)[C@@H]2O)cc1. The van der Waals surface area contributed by atoms with Crippen molar-refractivity contribution >= 4 is 5.69 Å². The van der Waals surface area contributed by atoms with Crippen molar-refractivity contribution in [1.82, 2.24) is 0 Å². The van der Waals surface area contributed by atoms with Crippen molar-refractivity contribution in [1.29, 1.82) is 0 Å². The molecule has 0 saturated carbocycles. The molecule has 0 aromatic heterocycles. The highest BCUT2D eigenvalue weighted by atomic mass is 16.8. The average molecular weight is 463 g/mol. The third kappa shape index (κ3) is 4.99. The Morgan fingerprint density at radius 3 is 1.88 bits per heavy atom. The summed E-state index contributed by atoms with van der Waals surface area (Å²) in [6.45, 7) is -1.41. The van der Waals surface area contributed by atoms with E-state index in [4.69, 9.17) is 18.9 Å². The van der Waals surface area contributed by atoms with Gasteiger partial charge in [0.05, 0.1) is 18.1 Å². The lowest BCUT2D eigenvalue weighted by Gasteiger charge is -2.45. The average Bonchev–Trinajstić information content (AvgIpc) is 2.78. The van der Waals surface area contributed by atoms with Crippen LogP contribution in [0.2, 0.25) is 0 Å². The van der Waals surface area contributed by atoms with Crippen molar-refractivity contribution in [2.45, 2.75) is 61.4 Å². The van der Waals surface area contributed by atoms with Gasteiger partial charge >= 0.3 is 0 Å². The van der Waals surface area contributed by atoms with Crippen LogP contribution in [0.3, 0.4) is 0 Å². The van der Waals surface area contributed by atoms with E-state index in [0.29, 0.717) is 0 Å². The smallest absolute Gasteiger partial charge is 0.269 e. The summed E-state index contributed by atoms with van der Waals surface area (Å²) in [4.78, 5) is 10.2. The highest BCUT2D eigenvalue weighted by molar-refractivity contribution is 5.36. The van der Waals surface area contributed by atoms with Crippen LogP contribution in [-0.4, -0.2) is 115 Å². The molecule has 1 aromatic carbocycles. The zero-order valence-corrected chi connectivity index (χ0v) is 16.5. The molecule has 2 aliphatic heterocycles. The third-order valence-corrected chi connectivity index (χ3v) is 5.26. The van der Waals surface area contributed by atoms with Gasteiger partial charge in [-0.15, -0.1) is 0 Å². The summed E-state index contributed by atoms with van der Waals surface area (Å²) < 4.78 is 21.8. The van der Waals surface area contributed by atoms with Crippen LogP contribution in [0.4, 0.5) is 5.69 Å². The van der Waals surface area contributed by atoms with Gasteiger partial charge in [-0.1, -0.05) is 0 Å². The monoisotopic (exact) mass is 463 g/mol. The number of nitro benzene ring substituents is 1. The fourth-order valence-electron chi connectivity index (χ4n) is 3.41. The molecule has 14 nitrogen and oxygen atoms in total. The Morgan fingerprint density at radius 1 is 0.812 bits per heavy atom. The zero-order chi connectivity index (χ0) is 23.6. The zero-order valence-electron chi connectivity index (χ0n) is 16.5. The van der Waals surface area contributed by atoms with Crippen LogP contribution in [0.5, 0.6) is 5.75 Å². The maximum Gasteiger partial charge on any atom is 0.269 e. The second kappa shape index (κ2) is 10.3. The molecule has 1 aromatic rings. The minimum Gasteiger partial charge on any atom is -0.462 e. The van der Waals surface area contributed by atoms with Crippen LogP contribution in [0.25, 0.3) is 0 Å². The van der Waals surface area contributed by atoms with Crippen LogP contribution in [0, 0.1) is 10.1 Å². The Labute approximate surface area is 180 Å². The molecular weight excluding hydrogens is 438 g/mol. The topological polar surface area (TPSA) is 222 Å². The van der Waals surface area contributed by atoms with Crippen molar-refractivity contribution < 1.29 is 59.6 Å². The van der Waals surface area contributed by atoms with Crippen LogP contribution in [0.15, 0.2) is 24.3 Å².